The quantitative estimate of drug-likeness (QED) is 0.654. The number of nitrogens with zero attached hydrogens (tertiary/aromatic N) is 2. The van der Waals surface area contributed by atoms with Crippen molar-refractivity contribution >= 4 is 46.4 Å². The van der Waals surface area contributed by atoms with Gasteiger partial charge in [-0.25, -0.2) is 9.78 Å². The van der Waals surface area contributed by atoms with Gasteiger partial charge in [-0.05, 0) is 18.2 Å². The van der Waals surface area contributed by atoms with Gasteiger partial charge in [-0.15, -0.1) is 0 Å². The molecule has 2 aromatic rings. The first-order valence-corrected chi connectivity index (χ1v) is 6.24. The predicted octanol–water partition coefficient (Wildman–Crippen LogP) is 3.74. The molecule has 0 amide bonds. The third-order valence-electron chi connectivity index (χ3n) is 2.50. The number of aromatic nitrogens is 1. The lowest BCUT2D eigenvalue weighted by molar-refractivity contribution is -0.385. The van der Waals surface area contributed by atoms with E-state index in [2.05, 4.69) is 10.3 Å². The van der Waals surface area contributed by atoms with Crippen molar-refractivity contribution in [2.24, 2.45) is 0 Å². The fraction of sp³-hybridized carbons (Fsp3) is 0. The van der Waals surface area contributed by atoms with Crippen molar-refractivity contribution in [2.45, 2.75) is 0 Å². The van der Waals surface area contributed by atoms with Crippen molar-refractivity contribution in [2.75, 3.05) is 5.32 Å². The molecule has 1 heterocycles. The van der Waals surface area contributed by atoms with Crippen LogP contribution in [0.1, 0.15) is 10.4 Å². The molecule has 0 saturated heterocycles. The van der Waals surface area contributed by atoms with Crippen molar-refractivity contribution in [3.8, 4) is 0 Å². The molecule has 0 aliphatic heterocycles. The predicted molar refractivity (Wildman–Crippen MR) is 77.6 cm³/mol. The van der Waals surface area contributed by atoms with Crippen LogP contribution < -0.4 is 5.32 Å². The minimum atomic E-state index is -1.43. The van der Waals surface area contributed by atoms with Gasteiger partial charge in [0.1, 0.15) is 17.6 Å². The lowest BCUT2D eigenvalue weighted by atomic mass is 10.2. The smallest absolute Gasteiger partial charge is 0.342 e. The van der Waals surface area contributed by atoms with E-state index in [-0.39, 0.29) is 5.82 Å². The molecule has 0 saturated carbocycles. The highest BCUT2D eigenvalue weighted by molar-refractivity contribution is 6.35. The molecule has 0 fully saturated rings. The van der Waals surface area contributed by atoms with Gasteiger partial charge in [-0.3, -0.25) is 10.1 Å². The molecule has 0 bridgehead atoms. The molecule has 0 atom stereocenters. The number of halogens is 2. The molecule has 21 heavy (non-hydrogen) atoms. The van der Waals surface area contributed by atoms with Gasteiger partial charge in [0, 0.05) is 11.1 Å². The molecular formula is C12H7Cl2N3O4. The standard InChI is InChI=1S/C12H7Cl2N3O4/c13-6-1-2-8(14)9(3-6)16-11-4-7(12(18)19)10(5-15-11)17(20)21/h1-5H,(H,15,16)(H,18,19). The number of rotatable bonds is 4. The number of nitrogens with one attached hydrogen (secondary N) is 1. The van der Waals surface area contributed by atoms with Crippen molar-refractivity contribution < 1.29 is 14.8 Å². The van der Waals surface area contributed by atoms with E-state index in [0.29, 0.717) is 15.7 Å². The number of benzene rings is 1. The second-order valence-corrected chi connectivity index (χ2v) is 4.74. The van der Waals surface area contributed by atoms with Gasteiger partial charge in [-0.2, -0.15) is 0 Å². The zero-order chi connectivity index (χ0) is 15.6. The number of anilines is 2. The molecule has 0 spiro atoms. The first kappa shape index (κ1) is 15.0. The Labute approximate surface area is 128 Å². The third-order valence-corrected chi connectivity index (χ3v) is 3.07. The molecule has 1 aromatic carbocycles. The zero-order valence-corrected chi connectivity index (χ0v) is 11.7. The average Bonchev–Trinajstić information content (AvgIpc) is 2.42. The van der Waals surface area contributed by atoms with Crippen LogP contribution in [0, 0.1) is 10.1 Å². The summed E-state index contributed by atoms with van der Waals surface area (Å²) in [6.45, 7) is 0. The Kier molecular flexibility index (Phi) is 4.25. The summed E-state index contributed by atoms with van der Waals surface area (Å²) in [5.41, 5.74) is -0.664. The topological polar surface area (TPSA) is 105 Å². The molecular weight excluding hydrogens is 321 g/mol. The van der Waals surface area contributed by atoms with Crippen LogP contribution in [0.25, 0.3) is 0 Å². The maximum Gasteiger partial charge on any atom is 0.342 e. The number of carboxylic acid groups (broad SMARTS) is 1. The van der Waals surface area contributed by atoms with Crippen LogP contribution in [0.15, 0.2) is 30.5 Å². The van der Waals surface area contributed by atoms with Crippen LogP contribution in [0.5, 0.6) is 0 Å². The highest BCUT2D eigenvalue weighted by Gasteiger charge is 2.21. The summed E-state index contributed by atoms with van der Waals surface area (Å²) in [6.07, 6.45) is 0.865. The second-order valence-electron chi connectivity index (χ2n) is 3.90. The number of hydrogen-bond acceptors (Lipinski definition) is 5. The van der Waals surface area contributed by atoms with E-state index >= 15 is 0 Å². The molecule has 0 aliphatic rings. The summed E-state index contributed by atoms with van der Waals surface area (Å²) in [7, 11) is 0. The summed E-state index contributed by atoms with van der Waals surface area (Å²) in [6, 6.07) is 5.71. The summed E-state index contributed by atoms with van der Waals surface area (Å²) in [5, 5.41) is 23.3. The van der Waals surface area contributed by atoms with Crippen molar-refractivity contribution in [3.05, 3.63) is 56.2 Å². The van der Waals surface area contributed by atoms with Gasteiger partial charge in [-0.1, -0.05) is 23.2 Å². The lowest BCUT2D eigenvalue weighted by Crippen LogP contribution is -2.05. The number of pyridine rings is 1. The third kappa shape index (κ3) is 3.39. The van der Waals surface area contributed by atoms with Gasteiger partial charge in [0.05, 0.1) is 15.6 Å². The lowest BCUT2D eigenvalue weighted by Gasteiger charge is -2.08. The van der Waals surface area contributed by atoms with Crippen LogP contribution in [0.4, 0.5) is 17.2 Å². The minimum absolute atomic E-state index is 0.0992. The molecule has 1 aromatic heterocycles. The molecule has 2 N–H and O–H groups in total. The largest absolute Gasteiger partial charge is 0.477 e. The SMILES string of the molecule is O=C(O)c1cc(Nc2cc(Cl)ccc2Cl)ncc1[N+](=O)[O-]. The Balaban J connectivity index is 2.41. The Morgan fingerprint density at radius 1 is 1.33 bits per heavy atom. The van der Waals surface area contributed by atoms with Gasteiger partial charge in [0.25, 0.3) is 0 Å². The molecule has 7 nitrogen and oxygen atoms in total. The minimum Gasteiger partial charge on any atom is -0.477 e. The fourth-order valence-electron chi connectivity index (χ4n) is 1.56. The fourth-order valence-corrected chi connectivity index (χ4v) is 1.90. The number of carboxylic acids is 1. The van der Waals surface area contributed by atoms with E-state index in [4.69, 9.17) is 28.3 Å². The van der Waals surface area contributed by atoms with Crippen LogP contribution in [0.3, 0.4) is 0 Å². The molecule has 2 rings (SSSR count). The van der Waals surface area contributed by atoms with E-state index < -0.39 is 22.1 Å². The number of carbonyl (C=O) groups is 1. The molecule has 108 valence electrons. The van der Waals surface area contributed by atoms with E-state index in [9.17, 15) is 14.9 Å². The van der Waals surface area contributed by atoms with Gasteiger partial charge in [0.15, 0.2) is 0 Å². The van der Waals surface area contributed by atoms with Crippen LogP contribution in [-0.4, -0.2) is 21.0 Å². The number of hydrogen-bond donors (Lipinski definition) is 2. The molecule has 0 unspecified atom stereocenters. The van der Waals surface area contributed by atoms with Gasteiger partial charge < -0.3 is 10.4 Å². The zero-order valence-electron chi connectivity index (χ0n) is 10.2. The van der Waals surface area contributed by atoms with Crippen molar-refractivity contribution in [1.29, 1.82) is 0 Å². The van der Waals surface area contributed by atoms with Crippen molar-refractivity contribution in [1.82, 2.24) is 4.98 Å². The molecule has 0 aliphatic carbocycles. The summed E-state index contributed by atoms with van der Waals surface area (Å²) >= 11 is 11.8. The van der Waals surface area contributed by atoms with E-state index in [1.165, 1.54) is 6.07 Å². The Hall–Kier alpha value is -2.38. The molecule has 0 radical (unpaired) electrons. The summed E-state index contributed by atoms with van der Waals surface area (Å²) in [4.78, 5) is 24.8. The van der Waals surface area contributed by atoms with Crippen molar-refractivity contribution in [3.63, 3.8) is 0 Å². The first-order valence-electron chi connectivity index (χ1n) is 5.48. The van der Waals surface area contributed by atoms with Gasteiger partial charge >= 0.3 is 11.7 Å². The van der Waals surface area contributed by atoms with Crippen LogP contribution >= 0.6 is 23.2 Å². The Bertz CT molecular complexity index is 736. The van der Waals surface area contributed by atoms with Crippen LogP contribution in [-0.2, 0) is 0 Å². The second kappa shape index (κ2) is 5.94. The van der Waals surface area contributed by atoms with E-state index in [0.717, 1.165) is 12.3 Å². The monoisotopic (exact) mass is 327 g/mol. The Morgan fingerprint density at radius 2 is 2.05 bits per heavy atom. The summed E-state index contributed by atoms with van der Waals surface area (Å²) < 4.78 is 0. The maximum atomic E-state index is 11.0. The van der Waals surface area contributed by atoms with Gasteiger partial charge in [0.2, 0.25) is 0 Å². The first-order chi connectivity index (χ1) is 9.88. The number of aromatic carboxylic acids is 1. The van der Waals surface area contributed by atoms with Crippen LogP contribution in [0.2, 0.25) is 10.0 Å². The normalized spacial score (nSPS) is 10.2. The summed E-state index contributed by atoms with van der Waals surface area (Å²) in [5.74, 6) is -1.33. The average molecular weight is 328 g/mol. The van der Waals surface area contributed by atoms with E-state index in [1.807, 2.05) is 0 Å². The Morgan fingerprint density at radius 3 is 2.67 bits per heavy atom. The highest BCUT2D eigenvalue weighted by Crippen LogP contribution is 2.29. The number of nitro groups is 1. The maximum absolute atomic E-state index is 11.0. The van der Waals surface area contributed by atoms with E-state index in [1.54, 1.807) is 12.1 Å². The molecule has 9 heteroatoms. The highest BCUT2D eigenvalue weighted by atomic mass is 35.5.